The first kappa shape index (κ1) is 7.76. The summed E-state index contributed by atoms with van der Waals surface area (Å²) in [7, 11) is 1.68. The maximum Gasteiger partial charge on any atom is 0.158 e. The van der Waals surface area contributed by atoms with Gasteiger partial charge >= 0.3 is 0 Å². The standard InChI is InChI=1S/C8H14O2/c1-3-4-7-5-6-8(9-2)10-7/h3-4,7-8H,5-6H2,1-2H3/b4-3+. The lowest BCUT2D eigenvalue weighted by atomic mass is 10.2. The molecule has 0 bridgehead atoms. The van der Waals surface area contributed by atoms with E-state index in [4.69, 9.17) is 9.47 Å². The van der Waals surface area contributed by atoms with E-state index < -0.39 is 0 Å². The summed E-state index contributed by atoms with van der Waals surface area (Å²) in [4.78, 5) is 0. The van der Waals surface area contributed by atoms with Gasteiger partial charge in [-0.25, -0.2) is 0 Å². The van der Waals surface area contributed by atoms with Crippen LogP contribution in [0.4, 0.5) is 0 Å². The normalized spacial score (nSPS) is 33.8. The number of methoxy groups -OCH3 is 1. The van der Waals surface area contributed by atoms with Gasteiger partial charge in [-0.1, -0.05) is 12.2 Å². The Balaban J connectivity index is 2.28. The molecule has 2 atom stereocenters. The van der Waals surface area contributed by atoms with Crippen molar-refractivity contribution in [1.29, 1.82) is 0 Å². The zero-order valence-corrected chi connectivity index (χ0v) is 6.54. The van der Waals surface area contributed by atoms with Crippen molar-refractivity contribution in [2.75, 3.05) is 7.11 Å². The molecule has 0 radical (unpaired) electrons. The second-order valence-electron chi connectivity index (χ2n) is 2.44. The van der Waals surface area contributed by atoms with Crippen LogP contribution in [-0.4, -0.2) is 19.5 Å². The minimum atomic E-state index is 0.0289. The van der Waals surface area contributed by atoms with Gasteiger partial charge in [-0.05, 0) is 13.3 Å². The van der Waals surface area contributed by atoms with Crippen LogP contribution in [0.3, 0.4) is 0 Å². The van der Waals surface area contributed by atoms with E-state index in [1.165, 1.54) is 0 Å². The van der Waals surface area contributed by atoms with Crippen LogP contribution in [0.5, 0.6) is 0 Å². The lowest BCUT2D eigenvalue weighted by Crippen LogP contribution is -2.10. The first-order chi connectivity index (χ1) is 4.86. The lowest BCUT2D eigenvalue weighted by Gasteiger charge is -2.07. The maximum absolute atomic E-state index is 5.44. The Morgan fingerprint density at radius 2 is 2.30 bits per heavy atom. The SMILES string of the molecule is C/C=C/C1CCC(OC)O1. The van der Waals surface area contributed by atoms with Crippen LogP contribution in [0, 0.1) is 0 Å². The summed E-state index contributed by atoms with van der Waals surface area (Å²) < 4.78 is 10.5. The Morgan fingerprint density at radius 1 is 1.50 bits per heavy atom. The van der Waals surface area contributed by atoms with Gasteiger partial charge in [-0.3, -0.25) is 0 Å². The Morgan fingerprint density at radius 3 is 2.80 bits per heavy atom. The topological polar surface area (TPSA) is 18.5 Å². The Kier molecular flexibility index (Phi) is 2.90. The third kappa shape index (κ3) is 1.82. The quantitative estimate of drug-likeness (QED) is 0.546. The first-order valence-corrected chi connectivity index (χ1v) is 3.68. The summed E-state index contributed by atoms with van der Waals surface area (Å²) in [6.45, 7) is 2.00. The van der Waals surface area contributed by atoms with E-state index in [1.54, 1.807) is 7.11 Å². The van der Waals surface area contributed by atoms with Gasteiger partial charge in [0.25, 0.3) is 0 Å². The van der Waals surface area contributed by atoms with E-state index in [0.717, 1.165) is 12.8 Å². The summed E-state index contributed by atoms with van der Waals surface area (Å²) in [6.07, 6.45) is 6.51. The molecular weight excluding hydrogens is 128 g/mol. The molecule has 0 aromatic rings. The van der Waals surface area contributed by atoms with E-state index in [-0.39, 0.29) is 12.4 Å². The van der Waals surface area contributed by atoms with Crippen LogP contribution in [0.2, 0.25) is 0 Å². The summed E-state index contributed by atoms with van der Waals surface area (Å²) in [5.74, 6) is 0. The van der Waals surface area contributed by atoms with Crippen molar-refractivity contribution >= 4 is 0 Å². The van der Waals surface area contributed by atoms with Crippen LogP contribution in [-0.2, 0) is 9.47 Å². The van der Waals surface area contributed by atoms with E-state index in [1.807, 2.05) is 13.0 Å². The molecule has 0 aliphatic carbocycles. The van der Waals surface area contributed by atoms with Gasteiger partial charge in [-0.2, -0.15) is 0 Å². The molecule has 1 heterocycles. The largest absolute Gasteiger partial charge is 0.356 e. The fraction of sp³-hybridized carbons (Fsp3) is 0.750. The summed E-state index contributed by atoms with van der Waals surface area (Å²) in [6, 6.07) is 0. The molecule has 0 aromatic heterocycles. The molecule has 58 valence electrons. The number of hydrogen-bond acceptors (Lipinski definition) is 2. The van der Waals surface area contributed by atoms with Gasteiger partial charge in [0.15, 0.2) is 6.29 Å². The molecule has 10 heavy (non-hydrogen) atoms. The minimum absolute atomic E-state index is 0.0289. The summed E-state index contributed by atoms with van der Waals surface area (Å²) in [5, 5.41) is 0. The van der Waals surface area contributed by atoms with E-state index in [9.17, 15) is 0 Å². The Labute approximate surface area is 61.8 Å². The highest BCUT2D eigenvalue weighted by molar-refractivity contribution is 4.89. The van der Waals surface area contributed by atoms with Crippen molar-refractivity contribution < 1.29 is 9.47 Å². The van der Waals surface area contributed by atoms with Gasteiger partial charge in [0.05, 0.1) is 6.10 Å². The second kappa shape index (κ2) is 3.74. The molecular formula is C8H14O2. The lowest BCUT2D eigenvalue weighted by molar-refractivity contribution is -0.104. The maximum atomic E-state index is 5.44. The molecule has 0 amide bonds. The minimum Gasteiger partial charge on any atom is -0.356 e. The van der Waals surface area contributed by atoms with Gasteiger partial charge < -0.3 is 9.47 Å². The number of allylic oxidation sites excluding steroid dienone is 1. The Hall–Kier alpha value is -0.340. The third-order valence-corrected chi connectivity index (χ3v) is 1.68. The van der Waals surface area contributed by atoms with Crippen LogP contribution in [0.25, 0.3) is 0 Å². The number of ether oxygens (including phenoxy) is 2. The third-order valence-electron chi connectivity index (χ3n) is 1.68. The highest BCUT2D eigenvalue weighted by atomic mass is 16.7. The first-order valence-electron chi connectivity index (χ1n) is 3.68. The van der Waals surface area contributed by atoms with Crippen molar-refractivity contribution in [2.24, 2.45) is 0 Å². The summed E-state index contributed by atoms with van der Waals surface area (Å²) >= 11 is 0. The van der Waals surface area contributed by atoms with Crippen LogP contribution in [0.15, 0.2) is 12.2 Å². The van der Waals surface area contributed by atoms with Crippen LogP contribution < -0.4 is 0 Å². The molecule has 2 nitrogen and oxygen atoms in total. The predicted molar refractivity (Wildman–Crippen MR) is 39.7 cm³/mol. The molecule has 1 fully saturated rings. The monoisotopic (exact) mass is 142 g/mol. The zero-order chi connectivity index (χ0) is 7.40. The molecule has 2 heteroatoms. The highest BCUT2D eigenvalue weighted by Gasteiger charge is 2.21. The highest BCUT2D eigenvalue weighted by Crippen LogP contribution is 2.20. The van der Waals surface area contributed by atoms with Gasteiger partial charge in [-0.15, -0.1) is 0 Å². The smallest absolute Gasteiger partial charge is 0.158 e. The van der Waals surface area contributed by atoms with Crippen molar-refractivity contribution in [3.8, 4) is 0 Å². The van der Waals surface area contributed by atoms with E-state index in [2.05, 4.69) is 6.08 Å². The predicted octanol–water partition coefficient (Wildman–Crippen LogP) is 1.71. The van der Waals surface area contributed by atoms with E-state index in [0.29, 0.717) is 0 Å². The molecule has 0 N–H and O–H groups in total. The molecule has 1 aliphatic rings. The van der Waals surface area contributed by atoms with Crippen LogP contribution >= 0.6 is 0 Å². The van der Waals surface area contributed by atoms with Crippen molar-refractivity contribution in [3.63, 3.8) is 0 Å². The average Bonchev–Trinajstić information content (AvgIpc) is 2.37. The van der Waals surface area contributed by atoms with Gasteiger partial charge in [0.2, 0.25) is 0 Å². The molecule has 0 spiro atoms. The fourth-order valence-corrected chi connectivity index (χ4v) is 1.16. The van der Waals surface area contributed by atoms with E-state index >= 15 is 0 Å². The molecule has 0 aromatic carbocycles. The average molecular weight is 142 g/mol. The van der Waals surface area contributed by atoms with Crippen LogP contribution in [0.1, 0.15) is 19.8 Å². The molecule has 1 rings (SSSR count). The van der Waals surface area contributed by atoms with Gasteiger partial charge in [0, 0.05) is 13.5 Å². The molecule has 0 saturated carbocycles. The number of rotatable bonds is 2. The molecule has 2 unspecified atom stereocenters. The van der Waals surface area contributed by atoms with Crippen molar-refractivity contribution in [1.82, 2.24) is 0 Å². The van der Waals surface area contributed by atoms with Crippen molar-refractivity contribution in [2.45, 2.75) is 32.2 Å². The number of hydrogen-bond donors (Lipinski definition) is 0. The molecule has 1 saturated heterocycles. The zero-order valence-electron chi connectivity index (χ0n) is 6.54. The molecule has 1 aliphatic heterocycles. The van der Waals surface area contributed by atoms with Crippen molar-refractivity contribution in [3.05, 3.63) is 12.2 Å². The fourth-order valence-electron chi connectivity index (χ4n) is 1.16. The summed E-state index contributed by atoms with van der Waals surface area (Å²) in [5.41, 5.74) is 0. The second-order valence-corrected chi connectivity index (χ2v) is 2.44. The van der Waals surface area contributed by atoms with Gasteiger partial charge in [0.1, 0.15) is 0 Å². The Bertz CT molecular complexity index is 120.